The molecule has 11 nitrogen and oxygen atoms in total. The van der Waals surface area contributed by atoms with Crippen LogP contribution in [0.25, 0.3) is 10.9 Å². The standard InChI is InChI=1S/C29H39N5O6/c1-16(2)13-22(30)27(36)34(29(39)31-19-9-11-20(35)12-10-19)24(26-32-25(28(37)38)17(3)40-26)14-18-15-33(4)23-8-6-5-7-21(18)23/h5-8,15-16,19-20,22,24,35H,9-14,30H2,1-4H3,(H,31,39)(H,37,38)/t19?,20?,22?,24-/m1/s1. The van der Waals surface area contributed by atoms with E-state index in [1.165, 1.54) is 6.92 Å². The molecule has 1 aromatic carbocycles. The summed E-state index contributed by atoms with van der Waals surface area (Å²) in [5.41, 5.74) is 7.86. The van der Waals surface area contributed by atoms with Crippen LogP contribution in [0.5, 0.6) is 0 Å². The molecule has 0 aliphatic heterocycles. The predicted molar refractivity (Wildman–Crippen MR) is 149 cm³/mol. The second-order valence-electron chi connectivity index (χ2n) is 11.2. The van der Waals surface area contributed by atoms with Crippen molar-refractivity contribution in [2.45, 2.75) is 83.5 Å². The van der Waals surface area contributed by atoms with Crippen LogP contribution >= 0.6 is 0 Å². The van der Waals surface area contributed by atoms with Crippen molar-refractivity contribution >= 4 is 28.8 Å². The third-order valence-corrected chi connectivity index (χ3v) is 7.53. The van der Waals surface area contributed by atoms with Gasteiger partial charge < -0.3 is 30.2 Å². The fourth-order valence-corrected chi connectivity index (χ4v) is 5.49. The fourth-order valence-electron chi connectivity index (χ4n) is 5.49. The maximum atomic E-state index is 13.9. The molecule has 1 aliphatic carbocycles. The molecule has 1 saturated carbocycles. The Balaban J connectivity index is 1.80. The average Bonchev–Trinajstić information content (AvgIpc) is 3.44. The Labute approximate surface area is 233 Å². The number of urea groups is 1. The number of aryl methyl sites for hydroxylation is 2. The smallest absolute Gasteiger partial charge is 0.358 e. The number of benzene rings is 1. The van der Waals surface area contributed by atoms with E-state index in [2.05, 4.69) is 10.3 Å². The molecule has 1 fully saturated rings. The highest BCUT2D eigenvalue weighted by molar-refractivity contribution is 5.98. The second kappa shape index (κ2) is 12.2. The molecule has 2 heterocycles. The summed E-state index contributed by atoms with van der Waals surface area (Å²) < 4.78 is 7.78. The van der Waals surface area contributed by atoms with Crippen molar-refractivity contribution in [2.75, 3.05) is 0 Å². The molecular formula is C29H39N5O6. The number of carbonyl (C=O) groups excluding carboxylic acids is 2. The summed E-state index contributed by atoms with van der Waals surface area (Å²) in [5.74, 6) is -1.74. The summed E-state index contributed by atoms with van der Waals surface area (Å²) in [5, 5.41) is 23.5. The molecule has 11 heteroatoms. The normalized spacial score (nSPS) is 19.0. The number of carbonyl (C=O) groups is 3. The van der Waals surface area contributed by atoms with Gasteiger partial charge in [0.25, 0.3) is 0 Å². The van der Waals surface area contributed by atoms with Crippen LogP contribution in [0.3, 0.4) is 0 Å². The number of hydrogen-bond acceptors (Lipinski definition) is 7. The number of hydrogen-bond donors (Lipinski definition) is 4. The number of amides is 3. The fraction of sp³-hybridized carbons (Fsp3) is 0.517. The number of aliphatic hydroxyl groups excluding tert-OH is 1. The molecule has 4 rings (SSSR count). The summed E-state index contributed by atoms with van der Waals surface area (Å²) in [6.07, 6.45) is 4.24. The molecule has 5 N–H and O–H groups in total. The van der Waals surface area contributed by atoms with Crippen LogP contribution in [-0.2, 0) is 18.3 Å². The van der Waals surface area contributed by atoms with E-state index >= 15 is 0 Å². The van der Waals surface area contributed by atoms with Crippen molar-refractivity contribution in [3.05, 3.63) is 53.4 Å². The van der Waals surface area contributed by atoms with Gasteiger partial charge in [-0.2, -0.15) is 0 Å². The Bertz CT molecular complexity index is 1370. The molecule has 216 valence electrons. The first-order valence-electron chi connectivity index (χ1n) is 13.8. The van der Waals surface area contributed by atoms with E-state index in [0.717, 1.165) is 21.4 Å². The van der Waals surface area contributed by atoms with Gasteiger partial charge in [-0.1, -0.05) is 32.0 Å². The Kier molecular flexibility index (Phi) is 8.95. The highest BCUT2D eigenvalue weighted by atomic mass is 16.4. The topological polar surface area (TPSA) is 164 Å². The molecule has 0 saturated heterocycles. The minimum Gasteiger partial charge on any atom is -0.476 e. The minimum atomic E-state index is -1.27. The molecular weight excluding hydrogens is 514 g/mol. The van der Waals surface area contributed by atoms with Crippen molar-refractivity contribution in [3.63, 3.8) is 0 Å². The molecule has 1 unspecified atom stereocenters. The maximum Gasteiger partial charge on any atom is 0.358 e. The van der Waals surface area contributed by atoms with E-state index in [1.807, 2.05) is 55.9 Å². The molecule has 1 aliphatic rings. The number of oxazole rings is 1. The second-order valence-corrected chi connectivity index (χ2v) is 11.2. The molecule has 2 atom stereocenters. The molecule has 40 heavy (non-hydrogen) atoms. The lowest BCUT2D eigenvalue weighted by atomic mass is 9.93. The summed E-state index contributed by atoms with van der Waals surface area (Å²) in [4.78, 5) is 45.0. The highest BCUT2D eigenvalue weighted by Gasteiger charge is 2.39. The van der Waals surface area contributed by atoms with Crippen LogP contribution < -0.4 is 11.1 Å². The number of aliphatic hydroxyl groups is 1. The van der Waals surface area contributed by atoms with E-state index in [1.54, 1.807) is 0 Å². The lowest BCUT2D eigenvalue weighted by Crippen LogP contribution is -2.55. The van der Waals surface area contributed by atoms with Gasteiger partial charge in [-0.25, -0.2) is 14.6 Å². The predicted octanol–water partition coefficient (Wildman–Crippen LogP) is 3.67. The van der Waals surface area contributed by atoms with Gasteiger partial charge >= 0.3 is 12.0 Å². The highest BCUT2D eigenvalue weighted by Crippen LogP contribution is 2.32. The summed E-state index contributed by atoms with van der Waals surface area (Å²) in [6, 6.07) is 4.85. The number of aromatic nitrogens is 2. The Morgan fingerprint density at radius 1 is 1.20 bits per heavy atom. The van der Waals surface area contributed by atoms with Gasteiger partial charge in [-0.3, -0.25) is 9.69 Å². The molecule has 0 radical (unpaired) electrons. The zero-order chi connectivity index (χ0) is 29.1. The number of nitrogens with two attached hydrogens (primary N) is 1. The van der Waals surface area contributed by atoms with Crippen LogP contribution in [0, 0.1) is 12.8 Å². The van der Waals surface area contributed by atoms with Crippen molar-refractivity contribution in [3.8, 4) is 0 Å². The number of fused-ring (bicyclic) bond motifs is 1. The van der Waals surface area contributed by atoms with Crippen molar-refractivity contribution in [2.24, 2.45) is 18.7 Å². The van der Waals surface area contributed by atoms with Gasteiger partial charge in [0.1, 0.15) is 11.8 Å². The Hall–Kier alpha value is -3.70. The maximum absolute atomic E-state index is 13.9. The molecule has 3 aromatic rings. The van der Waals surface area contributed by atoms with Gasteiger partial charge in [-0.05, 0) is 56.6 Å². The van der Waals surface area contributed by atoms with Crippen LogP contribution in [0.15, 0.2) is 34.9 Å². The number of imide groups is 1. The summed E-state index contributed by atoms with van der Waals surface area (Å²) in [6.45, 7) is 5.36. The van der Waals surface area contributed by atoms with E-state index in [0.29, 0.717) is 32.1 Å². The zero-order valence-corrected chi connectivity index (χ0v) is 23.5. The number of rotatable bonds is 9. The van der Waals surface area contributed by atoms with Crippen LogP contribution in [0.2, 0.25) is 0 Å². The van der Waals surface area contributed by atoms with Crippen LogP contribution in [0.1, 0.15) is 79.7 Å². The van der Waals surface area contributed by atoms with Crippen molar-refractivity contribution in [1.82, 2.24) is 19.8 Å². The van der Waals surface area contributed by atoms with Gasteiger partial charge in [-0.15, -0.1) is 0 Å². The molecule has 2 aromatic heterocycles. The third kappa shape index (κ3) is 6.37. The van der Waals surface area contributed by atoms with Crippen molar-refractivity contribution < 1.29 is 29.0 Å². The minimum absolute atomic E-state index is 0.0536. The number of aromatic carboxylic acids is 1. The summed E-state index contributed by atoms with van der Waals surface area (Å²) >= 11 is 0. The van der Waals surface area contributed by atoms with Crippen molar-refractivity contribution in [1.29, 1.82) is 0 Å². The van der Waals surface area contributed by atoms with Gasteiger partial charge in [0.05, 0.1) is 12.1 Å². The van der Waals surface area contributed by atoms with E-state index in [4.69, 9.17) is 10.2 Å². The van der Waals surface area contributed by atoms with Crippen LogP contribution in [-0.4, -0.2) is 60.8 Å². The molecule has 3 amide bonds. The first-order valence-corrected chi connectivity index (χ1v) is 13.8. The monoisotopic (exact) mass is 553 g/mol. The number of nitrogens with zero attached hydrogens (tertiary/aromatic N) is 3. The first kappa shape index (κ1) is 29.3. The third-order valence-electron chi connectivity index (χ3n) is 7.53. The zero-order valence-electron chi connectivity index (χ0n) is 23.5. The number of para-hydroxylation sites is 1. The Morgan fingerprint density at radius 3 is 2.50 bits per heavy atom. The van der Waals surface area contributed by atoms with E-state index in [-0.39, 0.29) is 35.7 Å². The molecule has 0 spiro atoms. The molecule has 0 bridgehead atoms. The van der Waals surface area contributed by atoms with Gasteiger partial charge in [0.2, 0.25) is 11.8 Å². The first-order chi connectivity index (χ1) is 19.0. The van der Waals surface area contributed by atoms with Gasteiger partial charge in [0.15, 0.2) is 5.69 Å². The largest absolute Gasteiger partial charge is 0.476 e. The van der Waals surface area contributed by atoms with Crippen LogP contribution in [0.4, 0.5) is 4.79 Å². The quantitative estimate of drug-likeness (QED) is 0.312. The Morgan fingerprint density at radius 2 is 1.88 bits per heavy atom. The summed E-state index contributed by atoms with van der Waals surface area (Å²) in [7, 11) is 1.91. The number of carboxylic acids is 1. The number of nitrogens with one attached hydrogen (secondary N) is 1. The SMILES string of the molecule is Cc1oc([C@@H](Cc2cn(C)c3ccccc23)N(C(=O)NC2CCC(O)CC2)C(=O)C(N)CC(C)C)nc1C(=O)O. The lowest BCUT2D eigenvalue weighted by molar-refractivity contribution is -0.132. The number of carboxylic acid groups (broad SMARTS) is 1. The average molecular weight is 554 g/mol. The van der Waals surface area contributed by atoms with E-state index < -0.39 is 36.1 Å². The van der Waals surface area contributed by atoms with E-state index in [9.17, 15) is 24.6 Å². The van der Waals surface area contributed by atoms with Gasteiger partial charge in [0, 0.05) is 36.6 Å². The lowest BCUT2D eigenvalue weighted by Gasteiger charge is -2.33.